The molecule has 0 aromatic rings. The molecule has 0 saturated heterocycles. The monoisotopic (exact) mass is 196 g/mol. The van der Waals surface area contributed by atoms with Gasteiger partial charge >= 0.3 is 0 Å². The summed E-state index contributed by atoms with van der Waals surface area (Å²) in [6, 6.07) is 0. The zero-order valence-corrected chi connectivity index (χ0v) is 9.81. The molecular weight excluding hydrogens is 176 g/mol. The maximum absolute atomic E-state index is 11.7. The Hall–Kier alpha value is -0.810. The molecule has 0 saturated carbocycles. The molecule has 0 radical (unpaired) electrons. The van der Waals surface area contributed by atoms with Crippen LogP contribution in [-0.4, -0.2) is 19.0 Å². The number of hydrogen-bond acceptors (Lipinski definition) is 2. The van der Waals surface area contributed by atoms with E-state index in [0.717, 1.165) is 0 Å². The highest BCUT2D eigenvalue weighted by molar-refractivity contribution is 5.84. The van der Waals surface area contributed by atoms with Crippen molar-refractivity contribution in [1.82, 2.24) is 0 Å². The predicted molar refractivity (Wildman–Crippen MR) is 57.9 cm³/mol. The average Bonchev–Trinajstić information content (AvgIpc) is 2.03. The fourth-order valence-corrected chi connectivity index (χ4v) is 1.41. The third-order valence-electron chi connectivity index (χ3n) is 1.99. The molecule has 1 atom stereocenters. The Morgan fingerprint density at radius 3 is 2.36 bits per heavy atom. The van der Waals surface area contributed by atoms with Crippen LogP contribution in [0, 0.1) is 17.3 Å². The van der Waals surface area contributed by atoms with Crippen LogP contribution in [0.4, 0.5) is 0 Å². The first-order chi connectivity index (χ1) is 6.43. The van der Waals surface area contributed by atoms with Crippen LogP contribution in [0.25, 0.3) is 0 Å². The highest BCUT2D eigenvalue weighted by Crippen LogP contribution is 2.23. The quantitative estimate of drug-likeness (QED) is 0.645. The third-order valence-corrected chi connectivity index (χ3v) is 1.99. The fraction of sp³-hybridized carbons (Fsp3) is 0.750. The van der Waals surface area contributed by atoms with Crippen LogP contribution < -0.4 is 0 Å². The summed E-state index contributed by atoms with van der Waals surface area (Å²) in [5.74, 6) is 5.80. The molecule has 1 unspecified atom stereocenters. The summed E-state index contributed by atoms with van der Waals surface area (Å²) in [5, 5.41) is 0. The molecule has 14 heavy (non-hydrogen) atoms. The van der Waals surface area contributed by atoms with Gasteiger partial charge in [0.1, 0.15) is 6.10 Å². The van der Waals surface area contributed by atoms with E-state index in [0.29, 0.717) is 12.8 Å². The van der Waals surface area contributed by atoms with E-state index in [1.54, 1.807) is 14.0 Å². The molecule has 0 aromatic heterocycles. The standard InChI is InChI=1S/C12H20O2/c1-6-7-8-9-10(13)11(14-5)12(2,3)4/h11H,8-9H2,1-5H3. The summed E-state index contributed by atoms with van der Waals surface area (Å²) in [6.45, 7) is 7.79. The first-order valence-corrected chi connectivity index (χ1v) is 4.88. The first kappa shape index (κ1) is 13.2. The van der Waals surface area contributed by atoms with Crippen LogP contribution in [0.5, 0.6) is 0 Å². The number of hydrogen-bond donors (Lipinski definition) is 0. The van der Waals surface area contributed by atoms with Gasteiger partial charge in [-0.15, -0.1) is 11.8 Å². The molecule has 0 N–H and O–H groups in total. The third kappa shape index (κ3) is 4.43. The van der Waals surface area contributed by atoms with Crippen LogP contribution in [0.2, 0.25) is 0 Å². The number of carbonyl (C=O) groups is 1. The van der Waals surface area contributed by atoms with Crippen LogP contribution in [-0.2, 0) is 9.53 Å². The second-order valence-corrected chi connectivity index (χ2v) is 4.37. The topological polar surface area (TPSA) is 26.3 Å². The zero-order valence-electron chi connectivity index (χ0n) is 9.81. The number of rotatable bonds is 4. The maximum atomic E-state index is 11.7. The Morgan fingerprint density at radius 1 is 1.43 bits per heavy atom. The van der Waals surface area contributed by atoms with Gasteiger partial charge in [0, 0.05) is 20.0 Å². The number of methoxy groups -OCH3 is 1. The molecule has 0 heterocycles. The molecule has 0 bridgehead atoms. The Bertz CT molecular complexity index is 237. The molecular formula is C12H20O2. The van der Waals surface area contributed by atoms with Crippen molar-refractivity contribution < 1.29 is 9.53 Å². The Labute approximate surface area is 87.0 Å². The lowest BCUT2D eigenvalue weighted by atomic mass is 9.85. The molecule has 2 nitrogen and oxygen atoms in total. The van der Waals surface area contributed by atoms with Crippen LogP contribution in [0.15, 0.2) is 0 Å². The molecule has 0 amide bonds. The summed E-state index contributed by atoms with van der Waals surface area (Å²) in [5.41, 5.74) is -0.133. The molecule has 80 valence electrons. The largest absolute Gasteiger partial charge is 0.373 e. The summed E-state index contributed by atoms with van der Waals surface area (Å²) in [6.07, 6.45) is 0.795. The van der Waals surface area contributed by atoms with Gasteiger partial charge in [-0.1, -0.05) is 20.8 Å². The van der Waals surface area contributed by atoms with Crippen LogP contribution >= 0.6 is 0 Å². The van der Waals surface area contributed by atoms with Gasteiger partial charge in [0.25, 0.3) is 0 Å². The summed E-state index contributed by atoms with van der Waals surface area (Å²) < 4.78 is 5.21. The lowest BCUT2D eigenvalue weighted by Gasteiger charge is -2.27. The second kappa shape index (κ2) is 5.82. The van der Waals surface area contributed by atoms with E-state index in [1.165, 1.54) is 0 Å². The van der Waals surface area contributed by atoms with E-state index in [-0.39, 0.29) is 17.3 Å². The van der Waals surface area contributed by atoms with E-state index < -0.39 is 0 Å². The van der Waals surface area contributed by atoms with Crippen LogP contribution in [0.3, 0.4) is 0 Å². The lowest BCUT2D eigenvalue weighted by molar-refractivity contribution is -0.134. The van der Waals surface area contributed by atoms with E-state index in [4.69, 9.17) is 4.74 Å². The Balaban J connectivity index is 4.24. The molecule has 0 aliphatic rings. The molecule has 0 fully saturated rings. The van der Waals surface area contributed by atoms with Crippen molar-refractivity contribution in [3.63, 3.8) is 0 Å². The van der Waals surface area contributed by atoms with Crippen molar-refractivity contribution in [2.75, 3.05) is 7.11 Å². The second-order valence-electron chi connectivity index (χ2n) is 4.37. The van der Waals surface area contributed by atoms with Gasteiger partial charge in [-0.25, -0.2) is 0 Å². The smallest absolute Gasteiger partial charge is 0.163 e. The molecule has 0 spiro atoms. The van der Waals surface area contributed by atoms with E-state index in [9.17, 15) is 4.79 Å². The number of ketones is 1. The van der Waals surface area contributed by atoms with Gasteiger partial charge in [0.05, 0.1) is 0 Å². The van der Waals surface area contributed by atoms with Crippen molar-refractivity contribution in [2.24, 2.45) is 5.41 Å². The van der Waals surface area contributed by atoms with Gasteiger partial charge in [-0.2, -0.15) is 0 Å². The molecule has 0 aliphatic heterocycles. The van der Waals surface area contributed by atoms with E-state index in [1.807, 2.05) is 20.8 Å². The molecule has 0 aliphatic carbocycles. The molecule has 0 rings (SSSR count). The minimum Gasteiger partial charge on any atom is -0.373 e. The summed E-state index contributed by atoms with van der Waals surface area (Å²) in [4.78, 5) is 11.7. The average molecular weight is 196 g/mol. The van der Waals surface area contributed by atoms with Gasteiger partial charge in [0.15, 0.2) is 5.78 Å². The van der Waals surface area contributed by atoms with Crippen molar-refractivity contribution in [2.45, 2.75) is 46.6 Å². The van der Waals surface area contributed by atoms with Gasteiger partial charge in [-0.3, -0.25) is 4.79 Å². The number of carbonyl (C=O) groups excluding carboxylic acids is 1. The lowest BCUT2D eigenvalue weighted by Crippen LogP contribution is -2.36. The van der Waals surface area contributed by atoms with E-state index in [2.05, 4.69) is 11.8 Å². The molecule has 2 heteroatoms. The maximum Gasteiger partial charge on any atom is 0.163 e. The summed E-state index contributed by atoms with van der Waals surface area (Å²) in [7, 11) is 1.58. The normalized spacial score (nSPS) is 12.9. The predicted octanol–water partition coefficient (Wildman–Crippen LogP) is 2.42. The highest BCUT2D eigenvalue weighted by Gasteiger charge is 2.30. The van der Waals surface area contributed by atoms with Crippen molar-refractivity contribution >= 4 is 5.78 Å². The summed E-state index contributed by atoms with van der Waals surface area (Å²) >= 11 is 0. The number of ether oxygens (including phenoxy) is 1. The van der Waals surface area contributed by atoms with Crippen molar-refractivity contribution in [3.8, 4) is 11.8 Å². The minimum atomic E-state index is -0.318. The van der Waals surface area contributed by atoms with Crippen molar-refractivity contribution in [3.05, 3.63) is 0 Å². The van der Waals surface area contributed by atoms with Gasteiger partial charge in [0.2, 0.25) is 0 Å². The fourth-order valence-electron chi connectivity index (χ4n) is 1.41. The van der Waals surface area contributed by atoms with Crippen molar-refractivity contribution in [1.29, 1.82) is 0 Å². The Morgan fingerprint density at radius 2 is 2.00 bits per heavy atom. The number of Topliss-reactive ketones (excluding diaryl/α,β-unsaturated/α-hetero) is 1. The SMILES string of the molecule is CC#CCCC(=O)C(OC)C(C)(C)C. The molecule has 0 aromatic carbocycles. The Kier molecular flexibility index (Phi) is 5.49. The highest BCUT2D eigenvalue weighted by atomic mass is 16.5. The minimum absolute atomic E-state index is 0.133. The van der Waals surface area contributed by atoms with Gasteiger partial charge < -0.3 is 4.74 Å². The van der Waals surface area contributed by atoms with Crippen LogP contribution in [0.1, 0.15) is 40.5 Å². The van der Waals surface area contributed by atoms with Gasteiger partial charge in [-0.05, 0) is 12.3 Å². The zero-order chi connectivity index (χ0) is 11.2. The first-order valence-electron chi connectivity index (χ1n) is 4.88. The van der Waals surface area contributed by atoms with E-state index >= 15 is 0 Å².